The van der Waals surface area contributed by atoms with Crippen molar-refractivity contribution in [1.29, 1.82) is 0 Å². The molecule has 50 heavy (non-hydrogen) atoms. The normalized spacial score (nSPS) is 11.6. The zero-order valence-corrected chi connectivity index (χ0v) is 27.1. The average Bonchev–Trinajstić information content (AvgIpc) is 3.56. The second-order valence-corrected chi connectivity index (χ2v) is 12.8. The summed E-state index contributed by atoms with van der Waals surface area (Å²) < 4.78 is 6.15. The van der Waals surface area contributed by atoms with Gasteiger partial charge in [-0.2, -0.15) is 0 Å². The van der Waals surface area contributed by atoms with Crippen LogP contribution in [0.1, 0.15) is 0 Å². The summed E-state index contributed by atoms with van der Waals surface area (Å²) in [7, 11) is 0. The van der Waals surface area contributed by atoms with E-state index in [0.29, 0.717) is 0 Å². The van der Waals surface area contributed by atoms with Crippen molar-refractivity contribution in [3.63, 3.8) is 0 Å². The van der Waals surface area contributed by atoms with Crippen LogP contribution in [0.3, 0.4) is 0 Å². The van der Waals surface area contributed by atoms with Gasteiger partial charge in [0.1, 0.15) is 11.1 Å². The van der Waals surface area contributed by atoms with Crippen molar-refractivity contribution >= 4 is 71.4 Å². The van der Waals surface area contributed by atoms with Crippen molar-refractivity contribution in [2.75, 3.05) is 4.90 Å². The van der Waals surface area contributed by atoms with Crippen LogP contribution < -0.4 is 4.90 Å². The number of fused-ring (bicyclic) bond motifs is 8. The Hall–Kier alpha value is -6.71. The number of anilines is 3. The van der Waals surface area contributed by atoms with Crippen LogP contribution in [0.5, 0.6) is 0 Å². The summed E-state index contributed by atoms with van der Waals surface area (Å²) >= 11 is 0. The number of para-hydroxylation sites is 1. The van der Waals surface area contributed by atoms with Crippen molar-refractivity contribution in [1.82, 2.24) is 4.98 Å². The van der Waals surface area contributed by atoms with E-state index >= 15 is 0 Å². The Morgan fingerprint density at radius 2 is 0.920 bits per heavy atom. The lowest BCUT2D eigenvalue weighted by molar-refractivity contribution is 0.668. The molecule has 0 atom stereocenters. The van der Waals surface area contributed by atoms with Gasteiger partial charge in [-0.3, -0.25) is 4.98 Å². The first kappa shape index (κ1) is 28.3. The third kappa shape index (κ3) is 4.71. The molecule has 0 amide bonds. The number of hydrogen-bond donors (Lipinski definition) is 0. The number of nitrogens with zero attached hydrogens (tertiary/aromatic N) is 2. The number of pyridine rings is 1. The van der Waals surface area contributed by atoms with Gasteiger partial charge < -0.3 is 9.32 Å². The molecule has 10 rings (SSSR count). The molecular weight excluding hydrogens is 609 g/mol. The largest absolute Gasteiger partial charge is 0.454 e. The van der Waals surface area contributed by atoms with Gasteiger partial charge in [0.05, 0.1) is 0 Å². The highest BCUT2D eigenvalue weighted by atomic mass is 16.3. The molecule has 0 fully saturated rings. The fraction of sp³-hybridized carbons (Fsp3) is 0. The lowest BCUT2D eigenvalue weighted by Gasteiger charge is -2.26. The maximum atomic E-state index is 6.15. The summed E-state index contributed by atoms with van der Waals surface area (Å²) in [5, 5.41) is 8.59. The Labute approximate surface area is 289 Å². The smallest absolute Gasteiger partial charge is 0.154 e. The Morgan fingerprint density at radius 1 is 0.360 bits per heavy atom. The Balaban J connectivity index is 1.07. The summed E-state index contributed by atoms with van der Waals surface area (Å²) in [6.45, 7) is 0. The minimum Gasteiger partial charge on any atom is -0.454 e. The van der Waals surface area contributed by atoms with Gasteiger partial charge in [-0.1, -0.05) is 121 Å². The molecule has 3 heteroatoms. The summed E-state index contributed by atoms with van der Waals surface area (Å²) in [5.74, 6) is 0. The maximum Gasteiger partial charge on any atom is 0.154 e. The third-order valence-corrected chi connectivity index (χ3v) is 9.89. The molecule has 0 spiro atoms. The zero-order chi connectivity index (χ0) is 33.0. The molecule has 234 valence electrons. The molecule has 0 radical (unpaired) electrons. The minimum absolute atomic E-state index is 0.796. The molecule has 10 aromatic rings. The standard InChI is InChI=1S/C47H30N2O/c1-2-8-31(9-3-1)32-14-20-37(21-15-32)49(39-24-27-41-35(28-39)19-26-42-40-11-5-4-10-34(40)18-25-43(41)42)38-22-16-33(17-23-38)36-29-46-47(48-30-36)44-12-6-7-13-45(44)50-46/h1-30H. The highest BCUT2D eigenvalue weighted by molar-refractivity contribution is 6.17. The molecular formula is C47H30N2O. The SMILES string of the molecule is c1ccc(-c2ccc(N(c3ccc(-c4cnc5c(c4)oc4ccccc45)cc3)c3ccc4c(ccc5c6ccccc6ccc45)c3)cc2)cc1. The van der Waals surface area contributed by atoms with E-state index in [-0.39, 0.29) is 0 Å². The quantitative estimate of drug-likeness (QED) is 0.176. The summed E-state index contributed by atoms with van der Waals surface area (Å²) in [4.78, 5) is 7.13. The third-order valence-electron chi connectivity index (χ3n) is 9.89. The topological polar surface area (TPSA) is 29.3 Å². The van der Waals surface area contributed by atoms with E-state index < -0.39 is 0 Å². The maximum absolute atomic E-state index is 6.15. The zero-order valence-electron chi connectivity index (χ0n) is 27.1. The van der Waals surface area contributed by atoms with Crippen molar-refractivity contribution < 1.29 is 4.42 Å². The monoisotopic (exact) mass is 638 g/mol. The predicted octanol–water partition coefficient (Wildman–Crippen LogP) is 13.2. The first-order chi connectivity index (χ1) is 24.8. The van der Waals surface area contributed by atoms with Crippen molar-refractivity contribution in [3.05, 3.63) is 182 Å². The number of aromatic nitrogens is 1. The lowest BCUT2D eigenvalue weighted by Crippen LogP contribution is -2.09. The Bertz CT molecular complexity index is 2850. The van der Waals surface area contributed by atoms with E-state index in [9.17, 15) is 0 Å². The van der Waals surface area contributed by atoms with Crippen molar-refractivity contribution in [2.24, 2.45) is 0 Å². The molecule has 8 aromatic carbocycles. The van der Waals surface area contributed by atoms with Crippen LogP contribution in [-0.4, -0.2) is 4.98 Å². The number of rotatable bonds is 5. The van der Waals surface area contributed by atoms with Crippen molar-refractivity contribution in [2.45, 2.75) is 0 Å². The highest BCUT2D eigenvalue weighted by Crippen LogP contribution is 2.40. The van der Waals surface area contributed by atoms with Crippen LogP contribution in [0.2, 0.25) is 0 Å². The lowest BCUT2D eigenvalue weighted by atomic mass is 9.96. The van der Waals surface area contributed by atoms with Gasteiger partial charge in [0.15, 0.2) is 5.58 Å². The van der Waals surface area contributed by atoms with Crippen LogP contribution in [0, 0.1) is 0 Å². The summed E-state index contributed by atoms with van der Waals surface area (Å²) in [6, 6.07) is 62.7. The van der Waals surface area contributed by atoms with Gasteiger partial charge in [0, 0.05) is 34.2 Å². The van der Waals surface area contributed by atoms with E-state index in [1.807, 2.05) is 24.4 Å². The first-order valence-electron chi connectivity index (χ1n) is 16.9. The van der Waals surface area contributed by atoms with Gasteiger partial charge in [0.2, 0.25) is 0 Å². The van der Waals surface area contributed by atoms with Gasteiger partial charge in [-0.05, 0) is 104 Å². The first-order valence-corrected chi connectivity index (χ1v) is 16.9. The van der Waals surface area contributed by atoms with Crippen molar-refractivity contribution in [3.8, 4) is 22.3 Å². The number of furan rings is 1. The van der Waals surface area contributed by atoms with Gasteiger partial charge in [-0.15, -0.1) is 0 Å². The van der Waals surface area contributed by atoms with E-state index in [1.54, 1.807) is 0 Å². The Morgan fingerprint density at radius 3 is 1.68 bits per heavy atom. The fourth-order valence-electron chi connectivity index (χ4n) is 7.39. The molecule has 0 saturated carbocycles. The molecule has 0 unspecified atom stereocenters. The van der Waals surface area contributed by atoms with Crippen LogP contribution in [0.4, 0.5) is 17.1 Å². The van der Waals surface area contributed by atoms with Crippen LogP contribution in [0.25, 0.3) is 76.6 Å². The molecule has 2 aromatic heterocycles. The number of hydrogen-bond acceptors (Lipinski definition) is 3. The molecule has 0 aliphatic rings. The van der Waals surface area contributed by atoms with Gasteiger partial charge >= 0.3 is 0 Å². The van der Waals surface area contributed by atoms with Crippen LogP contribution in [-0.2, 0) is 0 Å². The molecule has 2 heterocycles. The summed E-state index contributed by atoms with van der Waals surface area (Å²) in [5.41, 5.74) is 10.3. The Kier molecular flexibility index (Phi) is 6.49. The molecule has 0 bridgehead atoms. The minimum atomic E-state index is 0.796. The number of benzene rings is 8. The average molecular weight is 639 g/mol. The molecule has 3 nitrogen and oxygen atoms in total. The van der Waals surface area contributed by atoms with Crippen LogP contribution in [0.15, 0.2) is 187 Å². The van der Waals surface area contributed by atoms with E-state index in [1.165, 1.54) is 43.4 Å². The highest BCUT2D eigenvalue weighted by Gasteiger charge is 2.16. The van der Waals surface area contributed by atoms with Gasteiger partial charge in [-0.25, -0.2) is 0 Å². The predicted molar refractivity (Wildman–Crippen MR) is 210 cm³/mol. The molecule has 0 N–H and O–H groups in total. The second-order valence-electron chi connectivity index (χ2n) is 12.8. The van der Waals surface area contributed by atoms with E-state index in [0.717, 1.165) is 50.3 Å². The molecule has 0 aliphatic heterocycles. The fourth-order valence-corrected chi connectivity index (χ4v) is 7.39. The molecule has 0 aliphatic carbocycles. The van der Waals surface area contributed by atoms with E-state index in [2.05, 4.69) is 163 Å². The second kappa shape index (κ2) is 11.5. The van der Waals surface area contributed by atoms with Gasteiger partial charge in [0.25, 0.3) is 0 Å². The molecule has 0 saturated heterocycles. The van der Waals surface area contributed by atoms with Crippen LogP contribution >= 0.6 is 0 Å². The summed E-state index contributed by atoms with van der Waals surface area (Å²) in [6.07, 6.45) is 1.94. The van der Waals surface area contributed by atoms with E-state index in [4.69, 9.17) is 9.40 Å².